The van der Waals surface area contributed by atoms with Gasteiger partial charge in [-0.15, -0.1) is 0 Å². The zero-order valence-corrected chi connectivity index (χ0v) is 37.3. The summed E-state index contributed by atoms with van der Waals surface area (Å²) in [7, 11) is -7.04. The predicted molar refractivity (Wildman–Crippen MR) is 249 cm³/mol. The van der Waals surface area contributed by atoms with Gasteiger partial charge in [-0.1, -0.05) is 124 Å². The number of fused-ring (bicyclic) bond motifs is 14. The molecule has 0 spiro atoms. The molecule has 2 unspecified atom stereocenters. The summed E-state index contributed by atoms with van der Waals surface area (Å²) in [5.74, 6) is 0.695. The van der Waals surface area contributed by atoms with Gasteiger partial charge in [-0.05, 0) is 68.1 Å². The van der Waals surface area contributed by atoms with Crippen molar-refractivity contribution in [2.45, 2.75) is 39.5 Å². The highest BCUT2D eigenvalue weighted by molar-refractivity contribution is 7.48. The molecule has 2 N–H and O–H groups in total. The molecule has 8 aromatic rings. The molecule has 2 aliphatic heterocycles. The first-order valence-corrected chi connectivity index (χ1v) is 24.1. The third-order valence-corrected chi connectivity index (χ3v) is 13.3. The van der Waals surface area contributed by atoms with E-state index in [0.29, 0.717) is 68.1 Å². The van der Waals surface area contributed by atoms with Crippen LogP contribution in [0.2, 0.25) is 0 Å². The lowest BCUT2D eigenvalue weighted by atomic mass is 9.84. The van der Waals surface area contributed by atoms with E-state index in [-0.39, 0.29) is 46.0 Å². The Morgan fingerprint density at radius 1 is 0.453 bits per heavy atom. The van der Waals surface area contributed by atoms with Crippen LogP contribution in [-0.2, 0) is 9.13 Å². The van der Waals surface area contributed by atoms with Gasteiger partial charge in [-0.3, -0.25) is 9.79 Å². The maximum Gasteiger partial charge on any atom is 0.585 e. The number of benzene rings is 8. The summed E-state index contributed by atoms with van der Waals surface area (Å²) in [5.41, 5.74) is 2.61. The van der Waals surface area contributed by atoms with E-state index in [1.165, 1.54) is 14.2 Å². The van der Waals surface area contributed by atoms with Crippen molar-refractivity contribution >= 4 is 58.7 Å². The first kappa shape index (κ1) is 41.6. The molecule has 12 nitrogen and oxygen atoms in total. The fraction of sp³-hybridized carbons (Fsp3) is 0.200. The molecule has 0 saturated heterocycles. The highest BCUT2D eigenvalue weighted by atomic mass is 31.2. The van der Waals surface area contributed by atoms with Gasteiger partial charge >= 0.3 is 15.6 Å². The minimum atomic E-state index is -4.97. The van der Waals surface area contributed by atoms with Crippen LogP contribution >= 0.6 is 15.6 Å². The summed E-state index contributed by atoms with van der Waals surface area (Å²) in [6.07, 6.45) is 3.24. The molecular formula is C50H44O12P2. The fourth-order valence-electron chi connectivity index (χ4n) is 8.99. The van der Waals surface area contributed by atoms with E-state index in [9.17, 15) is 18.9 Å². The molecule has 0 radical (unpaired) electrons. The smallest absolute Gasteiger partial charge is 0.492 e. The molecule has 2 atom stereocenters. The summed E-state index contributed by atoms with van der Waals surface area (Å²) >= 11 is 0. The second kappa shape index (κ2) is 16.3. The van der Waals surface area contributed by atoms with E-state index in [0.717, 1.165) is 47.2 Å². The number of phosphoric acid groups is 2. The highest BCUT2D eigenvalue weighted by Gasteiger charge is 2.43. The average molecular weight is 899 g/mol. The first-order chi connectivity index (χ1) is 31.1. The van der Waals surface area contributed by atoms with Crippen LogP contribution in [0.15, 0.2) is 109 Å². The van der Waals surface area contributed by atoms with Crippen LogP contribution in [0.1, 0.15) is 39.5 Å². The van der Waals surface area contributed by atoms with Gasteiger partial charge in [-0.25, -0.2) is 9.13 Å². The Labute approximate surface area is 369 Å². The summed E-state index contributed by atoms with van der Waals surface area (Å²) in [4.78, 5) is 23.3. The number of hydrogen-bond acceptors (Lipinski definition) is 10. The molecule has 0 aliphatic carbocycles. The number of unbranched alkanes of at least 4 members (excludes halogenated alkanes) is 2. The standard InChI is InChI=1S/C50H44O12P2/c1-5-7-25-57-37-27-29-17-9-11-19-31(29)39-43-35-23-15-13-21-33(35)41(47(55-3)49(43)61-63(51,52)59-45(37)39)42-34-22-14-16-24-36(34)44-40-32-20-12-10-18-30(32)28-38(58-26-8-6-2)46(40)60-64(53,54)62-50(44)48(42)56-4/h9-24,27-28H,5-8,25-26H2,1-4H3,(H,51,52)(H,53,54). The van der Waals surface area contributed by atoms with Gasteiger partial charge in [0, 0.05) is 33.4 Å². The topological polar surface area (TPSA) is 148 Å². The normalized spacial score (nSPS) is 17.4. The summed E-state index contributed by atoms with van der Waals surface area (Å²) < 4.78 is 78.2. The third-order valence-electron chi connectivity index (χ3n) is 11.7. The van der Waals surface area contributed by atoms with Crippen molar-refractivity contribution in [2.75, 3.05) is 27.4 Å². The average Bonchev–Trinajstić information content (AvgIpc) is 3.51. The Hall–Kier alpha value is -6.42. The molecule has 8 aromatic carbocycles. The molecule has 14 heteroatoms. The third kappa shape index (κ3) is 6.84. The molecule has 0 saturated carbocycles. The fourth-order valence-corrected chi connectivity index (χ4v) is 10.7. The molecular weight excluding hydrogens is 854 g/mol. The van der Waals surface area contributed by atoms with Crippen molar-refractivity contribution in [1.29, 1.82) is 0 Å². The van der Waals surface area contributed by atoms with E-state index in [4.69, 9.17) is 37.0 Å². The monoisotopic (exact) mass is 898 g/mol. The number of hydrogen-bond donors (Lipinski definition) is 2. The number of rotatable bonds is 11. The van der Waals surface area contributed by atoms with Crippen LogP contribution in [0, 0.1) is 0 Å². The Kier molecular flexibility index (Phi) is 10.6. The molecule has 2 heterocycles. The number of methoxy groups -OCH3 is 2. The van der Waals surface area contributed by atoms with Gasteiger partial charge in [0.2, 0.25) is 0 Å². The lowest BCUT2D eigenvalue weighted by Gasteiger charge is -2.25. The van der Waals surface area contributed by atoms with Crippen molar-refractivity contribution in [3.63, 3.8) is 0 Å². The second-order valence-electron chi connectivity index (χ2n) is 15.6. The molecule has 0 fully saturated rings. The molecule has 0 amide bonds. The Morgan fingerprint density at radius 3 is 1.12 bits per heavy atom. The lowest BCUT2D eigenvalue weighted by Crippen LogP contribution is -2.04. The van der Waals surface area contributed by atoms with Crippen molar-refractivity contribution in [1.82, 2.24) is 0 Å². The van der Waals surface area contributed by atoms with Crippen LogP contribution in [0.4, 0.5) is 0 Å². The van der Waals surface area contributed by atoms with E-state index in [1.54, 1.807) is 12.1 Å². The molecule has 2 aliphatic rings. The van der Waals surface area contributed by atoms with Crippen LogP contribution in [0.25, 0.3) is 76.5 Å². The van der Waals surface area contributed by atoms with Crippen molar-refractivity contribution in [3.8, 4) is 79.4 Å². The summed E-state index contributed by atoms with van der Waals surface area (Å²) in [6.45, 7) is 4.80. The summed E-state index contributed by atoms with van der Waals surface area (Å²) in [5, 5.41) is 5.53. The van der Waals surface area contributed by atoms with Gasteiger partial charge < -0.3 is 37.0 Å². The van der Waals surface area contributed by atoms with Crippen molar-refractivity contribution < 1.29 is 56.0 Å². The lowest BCUT2D eigenvalue weighted by molar-refractivity contribution is 0.268. The number of ether oxygens (including phenoxy) is 4. The predicted octanol–water partition coefficient (Wildman–Crippen LogP) is 13.4. The van der Waals surface area contributed by atoms with Crippen molar-refractivity contribution in [3.05, 3.63) is 109 Å². The Balaban J connectivity index is 1.36. The SMILES string of the molecule is CCCCOc1cc2ccccc2c2c1OP(=O)(O)Oc1c(OC)c(-c3c(OC)c4c(c5ccccc35)-c3c(c(OCCCC)cc5ccccc35)OP(=O)(O)O4)c3ccccc3c1-2. The summed E-state index contributed by atoms with van der Waals surface area (Å²) in [6, 6.07) is 34.0. The van der Waals surface area contributed by atoms with Gasteiger partial charge in [0.05, 0.1) is 27.4 Å². The van der Waals surface area contributed by atoms with Gasteiger partial charge in [-0.2, -0.15) is 0 Å². The van der Waals surface area contributed by atoms with Gasteiger partial charge in [0.1, 0.15) is 0 Å². The second-order valence-corrected chi connectivity index (χ2v) is 18.2. The largest absolute Gasteiger partial charge is 0.585 e. The minimum Gasteiger partial charge on any atom is -0.492 e. The molecule has 64 heavy (non-hydrogen) atoms. The van der Waals surface area contributed by atoms with Crippen LogP contribution in [-0.4, -0.2) is 37.2 Å². The Morgan fingerprint density at radius 2 is 0.766 bits per heavy atom. The Bertz CT molecular complexity index is 3070. The zero-order chi connectivity index (χ0) is 44.3. The molecule has 10 rings (SSSR count). The van der Waals surface area contributed by atoms with E-state index in [2.05, 4.69) is 13.8 Å². The van der Waals surface area contributed by atoms with Gasteiger partial charge in [0.15, 0.2) is 46.0 Å². The van der Waals surface area contributed by atoms with Crippen molar-refractivity contribution in [2.24, 2.45) is 0 Å². The molecule has 0 aromatic heterocycles. The first-order valence-electron chi connectivity index (χ1n) is 21.2. The minimum absolute atomic E-state index is 0.0587. The van der Waals surface area contributed by atoms with E-state index < -0.39 is 15.6 Å². The van der Waals surface area contributed by atoms with E-state index >= 15 is 0 Å². The van der Waals surface area contributed by atoms with E-state index in [1.807, 2.05) is 97.1 Å². The maximum atomic E-state index is 14.3. The maximum absolute atomic E-state index is 14.3. The van der Waals surface area contributed by atoms with Crippen LogP contribution < -0.4 is 37.0 Å². The van der Waals surface area contributed by atoms with Gasteiger partial charge in [0.25, 0.3) is 0 Å². The quantitative estimate of drug-likeness (QED) is 0.0940. The molecule has 0 bridgehead atoms. The molecule has 326 valence electrons. The van der Waals surface area contributed by atoms with Crippen LogP contribution in [0.5, 0.6) is 46.0 Å². The highest BCUT2D eigenvalue weighted by Crippen LogP contribution is 2.67. The number of phosphoric ester groups is 2. The van der Waals surface area contributed by atoms with Crippen LogP contribution in [0.3, 0.4) is 0 Å². The zero-order valence-electron chi connectivity index (χ0n) is 35.5.